The Balaban J connectivity index is 1.89. The summed E-state index contributed by atoms with van der Waals surface area (Å²) in [6.45, 7) is 4.47. The van der Waals surface area contributed by atoms with Gasteiger partial charge in [-0.2, -0.15) is 0 Å². The van der Waals surface area contributed by atoms with Gasteiger partial charge >= 0.3 is 0 Å². The minimum atomic E-state index is -0.464. The van der Waals surface area contributed by atoms with Gasteiger partial charge in [-0.1, -0.05) is 37.6 Å². The zero-order valence-electron chi connectivity index (χ0n) is 12.2. The van der Waals surface area contributed by atoms with Gasteiger partial charge in [0.2, 0.25) is 5.91 Å². The van der Waals surface area contributed by atoms with Gasteiger partial charge < -0.3 is 11.1 Å². The molecule has 110 valence electrons. The van der Waals surface area contributed by atoms with E-state index in [4.69, 9.17) is 17.3 Å². The highest BCUT2D eigenvalue weighted by Crippen LogP contribution is 2.31. The molecule has 0 saturated heterocycles. The Kier molecular flexibility index (Phi) is 4.71. The van der Waals surface area contributed by atoms with Crippen LogP contribution < -0.4 is 11.1 Å². The number of benzene rings is 1. The number of rotatable bonds is 6. The van der Waals surface area contributed by atoms with Crippen LogP contribution in [0.4, 0.5) is 0 Å². The van der Waals surface area contributed by atoms with E-state index in [2.05, 4.69) is 5.32 Å². The zero-order valence-corrected chi connectivity index (χ0v) is 12.9. The average Bonchev–Trinajstić information content (AvgIpc) is 3.19. The van der Waals surface area contributed by atoms with Gasteiger partial charge in [-0.25, -0.2) is 0 Å². The molecular weight excluding hydrogens is 272 g/mol. The normalized spacial score (nSPS) is 16.8. The van der Waals surface area contributed by atoms with Gasteiger partial charge in [0.1, 0.15) is 0 Å². The number of carbonyl (C=O) groups excluding carboxylic acids is 1. The van der Waals surface area contributed by atoms with Crippen LogP contribution in [0.1, 0.15) is 32.3 Å². The van der Waals surface area contributed by atoms with Crippen molar-refractivity contribution in [2.24, 2.45) is 17.1 Å². The minimum absolute atomic E-state index is 0.0496. The molecule has 4 heteroatoms. The summed E-state index contributed by atoms with van der Waals surface area (Å²) >= 11 is 5.98. The van der Waals surface area contributed by atoms with Crippen molar-refractivity contribution >= 4 is 17.5 Å². The van der Waals surface area contributed by atoms with Crippen LogP contribution in [0.5, 0.6) is 0 Å². The number of hydrogen-bond acceptors (Lipinski definition) is 2. The van der Waals surface area contributed by atoms with Crippen molar-refractivity contribution in [2.75, 3.05) is 6.54 Å². The molecule has 3 N–H and O–H groups in total. The summed E-state index contributed by atoms with van der Waals surface area (Å²) in [5.74, 6) is 0.653. The first-order valence-electron chi connectivity index (χ1n) is 7.17. The first-order valence-corrected chi connectivity index (χ1v) is 7.54. The fourth-order valence-electron chi connectivity index (χ4n) is 2.38. The lowest BCUT2D eigenvalue weighted by Gasteiger charge is -2.25. The monoisotopic (exact) mass is 294 g/mol. The van der Waals surface area contributed by atoms with Crippen molar-refractivity contribution in [1.29, 1.82) is 0 Å². The molecule has 0 spiro atoms. The number of nitrogens with one attached hydrogen (secondary N) is 1. The van der Waals surface area contributed by atoms with Gasteiger partial charge in [0, 0.05) is 23.0 Å². The minimum Gasteiger partial charge on any atom is -0.354 e. The zero-order chi connectivity index (χ0) is 14.8. The number of carbonyl (C=O) groups is 1. The fraction of sp³-hybridized carbons (Fsp3) is 0.562. The summed E-state index contributed by atoms with van der Waals surface area (Å²) in [6, 6.07) is 7.76. The van der Waals surface area contributed by atoms with Crippen LogP contribution in [0.15, 0.2) is 24.3 Å². The molecule has 1 atom stereocenters. The van der Waals surface area contributed by atoms with Crippen LogP contribution >= 0.6 is 11.6 Å². The van der Waals surface area contributed by atoms with Gasteiger partial charge in [0.15, 0.2) is 0 Å². The van der Waals surface area contributed by atoms with Gasteiger partial charge in [0.25, 0.3) is 0 Å². The summed E-state index contributed by atoms with van der Waals surface area (Å²) in [4.78, 5) is 12.3. The van der Waals surface area contributed by atoms with Crippen LogP contribution in [0.25, 0.3) is 0 Å². The standard InChI is InChI=1S/C16H23ClN2O/c1-16(2,9-11-4-3-5-13(17)8-11)15(20)19-10-14(18)12-6-7-12/h3-5,8,12,14H,6-7,9-10,18H2,1-2H3,(H,19,20). The fourth-order valence-corrected chi connectivity index (χ4v) is 2.59. The molecule has 0 bridgehead atoms. The first-order chi connectivity index (χ1) is 9.38. The number of halogens is 1. The Morgan fingerprint density at radius 3 is 2.80 bits per heavy atom. The van der Waals surface area contributed by atoms with E-state index in [0.29, 0.717) is 23.9 Å². The highest BCUT2D eigenvalue weighted by atomic mass is 35.5. The summed E-state index contributed by atoms with van der Waals surface area (Å²) < 4.78 is 0. The number of amides is 1. The maximum Gasteiger partial charge on any atom is 0.226 e. The van der Waals surface area contributed by atoms with E-state index in [1.807, 2.05) is 38.1 Å². The molecule has 1 aromatic carbocycles. The van der Waals surface area contributed by atoms with Gasteiger partial charge in [-0.05, 0) is 42.9 Å². The van der Waals surface area contributed by atoms with Crippen molar-refractivity contribution in [1.82, 2.24) is 5.32 Å². The molecule has 0 heterocycles. The van der Waals surface area contributed by atoms with Gasteiger partial charge in [-0.3, -0.25) is 4.79 Å². The van der Waals surface area contributed by atoms with Crippen LogP contribution in [0.2, 0.25) is 5.02 Å². The van der Waals surface area contributed by atoms with E-state index < -0.39 is 5.41 Å². The van der Waals surface area contributed by atoms with Crippen LogP contribution in [-0.4, -0.2) is 18.5 Å². The Labute approximate surface area is 125 Å². The lowest BCUT2D eigenvalue weighted by molar-refractivity contribution is -0.129. The quantitative estimate of drug-likeness (QED) is 0.847. The maximum atomic E-state index is 12.3. The highest BCUT2D eigenvalue weighted by Gasteiger charge is 2.31. The molecule has 1 aromatic rings. The van der Waals surface area contributed by atoms with Crippen LogP contribution in [-0.2, 0) is 11.2 Å². The third-order valence-electron chi connectivity index (χ3n) is 3.88. The summed E-state index contributed by atoms with van der Waals surface area (Å²) in [5, 5.41) is 3.69. The second-order valence-corrected chi connectivity index (χ2v) is 6.84. The summed E-state index contributed by atoms with van der Waals surface area (Å²) in [6.07, 6.45) is 3.06. The molecule has 3 nitrogen and oxygen atoms in total. The van der Waals surface area contributed by atoms with Gasteiger partial charge in [0.05, 0.1) is 0 Å². The predicted octanol–water partition coefficient (Wildman–Crippen LogP) is 2.76. The van der Waals surface area contributed by atoms with Crippen molar-refractivity contribution < 1.29 is 4.79 Å². The Morgan fingerprint density at radius 2 is 2.20 bits per heavy atom. The highest BCUT2D eigenvalue weighted by molar-refractivity contribution is 6.30. The number of nitrogens with two attached hydrogens (primary N) is 1. The van der Waals surface area contributed by atoms with E-state index in [1.165, 1.54) is 12.8 Å². The largest absolute Gasteiger partial charge is 0.354 e. The third kappa shape index (κ3) is 4.22. The predicted molar refractivity (Wildman–Crippen MR) is 82.6 cm³/mol. The third-order valence-corrected chi connectivity index (χ3v) is 4.11. The van der Waals surface area contributed by atoms with E-state index in [1.54, 1.807) is 0 Å². The molecule has 20 heavy (non-hydrogen) atoms. The van der Waals surface area contributed by atoms with Crippen molar-refractivity contribution in [3.63, 3.8) is 0 Å². The van der Waals surface area contributed by atoms with Crippen molar-refractivity contribution in [3.8, 4) is 0 Å². The van der Waals surface area contributed by atoms with Gasteiger partial charge in [-0.15, -0.1) is 0 Å². The topological polar surface area (TPSA) is 55.1 Å². The lowest BCUT2D eigenvalue weighted by atomic mass is 9.84. The molecule has 2 rings (SSSR count). The second kappa shape index (κ2) is 6.15. The van der Waals surface area contributed by atoms with E-state index in [9.17, 15) is 4.79 Å². The second-order valence-electron chi connectivity index (χ2n) is 6.40. The van der Waals surface area contributed by atoms with Crippen molar-refractivity contribution in [2.45, 2.75) is 39.2 Å². The molecule has 1 unspecified atom stereocenters. The van der Waals surface area contributed by atoms with E-state index in [-0.39, 0.29) is 11.9 Å². The van der Waals surface area contributed by atoms with Crippen molar-refractivity contribution in [3.05, 3.63) is 34.9 Å². The van der Waals surface area contributed by atoms with Crippen LogP contribution in [0, 0.1) is 11.3 Å². The lowest BCUT2D eigenvalue weighted by Crippen LogP contribution is -2.44. The molecule has 1 amide bonds. The Hall–Kier alpha value is -1.06. The first kappa shape index (κ1) is 15.3. The van der Waals surface area contributed by atoms with Crippen LogP contribution in [0.3, 0.4) is 0 Å². The molecule has 0 aromatic heterocycles. The molecular formula is C16H23ClN2O. The average molecular weight is 295 g/mol. The van der Waals surface area contributed by atoms with E-state index >= 15 is 0 Å². The smallest absolute Gasteiger partial charge is 0.226 e. The molecule has 1 aliphatic carbocycles. The molecule has 0 aliphatic heterocycles. The maximum absolute atomic E-state index is 12.3. The number of hydrogen-bond donors (Lipinski definition) is 2. The molecule has 0 radical (unpaired) electrons. The Bertz CT molecular complexity index is 483. The molecule has 1 aliphatic rings. The summed E-state index contributed by atoms with van der Waals surface area (Å²) in [5.41, 5.74) is 6.62. The Morgan fingerprint density at radius 1 is 1.50 bits per heavy atom. The summed E-state index contributed by atoms with van der Waals surface area (Å²) in [7, 11) is 0. The van der Waals surface area contributed by atoms with E-state index in [0.717, 1.165) is 5.56 Å². The molecule has 1 saturated carbocycles. The molecule has 1 fully saturated rings. The SMILES string of the molecule is CC(C)(Cc1cccc(Cl)c1)C(=O)NCC(N)C1CC1.